The van der Waals surface area contributed by atoms with Crippen LogP contribution in [0, 0.1) is 0 Å². The first-order chi connectivity index (χ1) is 6.19. The van der Waals surface area contributed by atoms with Crippen molar-refractivity contribution in [3.8, 4) is 0 Å². The van der Waals surface area contributed by atoms with E-state index in [4.69, 9.17) is 0 Å². The fraction of sp³-hybridized carbons (Fsp3) is 0.200. The lowest BCUT2D eigenvalue weighted by Crippen LogP contribution is -2.13. The summed E-state index contributed by atoms with van der Waals surface area (Å²) in [5.41, 5.74) is 1.20. The highest BCUT2D eigenvalue weighted by Crippen LogP contribution is 2.27. The molecule has 1 atom stereocenters. The summed E-state index contributed by atoms with van der Waals surface area (Å²) in [6.45, 7) is 3.78. The molecule has 1 aromatic rings. The molecular formula is C10H11Br2N. The van der Waals surface area contributed by atoms with E-state index in [1.165, 1.54) is 5.56 Å². The number of halogens is 2. The van der Waals surface area contributed by atoms with Gasteiger partial charge < -0.3 is 5.32 Å². The van der Waals surface area contributed by atoms with Gasteiger partial charge in [0.2, 0.25) is 0 Å². The minimum absolute atomic E-state index is 0.197. The normalized spacial score (nSPS) is 12.5. The maximum atomic E-state index is 3.78. The summed E-state index contributed by atoms with van der Waals surface area (Å²) in [6, 6.07) is 6.32. The molecule has 1 N–H and O–H groups in total. The summed E-state index contributed by atoms with van der Waals surface area (Å²) < 4.78 is 2.16. The Morgan fingerprint density at radius 1 is 1.46 bits per heavy atom. The quantitative estimate of drug-likeness (QED) is 0.840. The van der Waals surface area contributed by atoms with Crippen LogP contribution in [0.15, 0.2) is 39.8 Å². The van der Waals surface area contributed by atoms with E-state index in [1.54, 1.807) is 0 Å². The molecule has 13 heavy (non-hydrogen) atoms. The van der Waals surface area contributed by atoms with Gasteiger partial charge in [0.25, 0.3) is 0 Å². The molecule has 0 saturated heterocycles. The van der Waals surface area contributed by atoms with Gasteiger partial charge in [0, 0.05) is 8.95 Å². The van der Waals surface area contributed by atoms with Gasteiger partial charge >= 0.3 is 0 Å². The van der Waals surface area contributed by atoms with Crippen molar-refractivity contribution in [2.24, 2.45) is 0 Å². The molecule has 0 fully saturated rings. The fourth-order valence-electron chi connectivity index (χ4n) is 1.15. The summed E-state index contributed by atoms with van der Waals surface area (Å²) in [4.78, 5) is 0. The zero-order chi connectivity index (χ0) is 9.84. The summed E-state index contributed by atoms with van der Waals surface area (Å²) in [5.74, 6) is 0. The molecule has 1 nitrogen and oxygen atoms in total. The van der Waals surface area contributed by atoms with Crippen molar-refractivity contribution in [3.05, 3.63) is 45.4 Å². The van der Waals surface area contributed by atoms with Crippen molar-refractivity contribution >= 4 is 31.9 Å². The minimum atomic E-state index is 0.197. The molecule has 0 bridgehead atoms. The van der Waals surface area contributed by atoms with Crippen LogP contribution in [0.25, 0.3) is 0 Å². The second kappa shape index (κ2) is 4.94. The van der Waals surface area contributed by atoms with E-state index in [1.807, 2.05) is 25.3 Å². The fourth-order valence-corrected chi connectivity index (χ4v) is 2.45. The van der Waals surface area contributed by atoms with Crippen LogP contribution in [0.4, 0.5) is 0 Å². The molecule has 0 aliphatic carbocycles. The van der Waals surface area contributed by atoms with Gasteiger partial charge in [-0.2, -0.15) is 0 Å². The number of benzene rings is 1. The minimum Gasteiger partial charge on any atom is -0.310 e. The highest BCUT2D eigenvalue weighted by atomic mass is 79.9. The number of hydrogen-bond donors (Lipinski definition) is 1. The van der Waals surface area contributed by atoms with E-state index < -0.39 is 0 Å². The predicted octanol–water partition coefficient (Wildman–Crippen LogP) is 3.66. The molecule has 0 amide bonds. The van der Waals surface area contributed by atoms with Crippen LogP contribution >= 0.6 is 31.9 Å². The lowest BCUT2D eigenvalue weighted by Gasteiger charge is -2.13. The average molecular weight is 305 g/mol. The number of hydrogen-bond acceptors (Lipinski definition) is 1. The third-order valence-corrected chi connectivity index (χ3v) is 3.02. The molecule has 70 valence electrons. The van der Waals surface area contributed by atoms with Gasteiger partial charge in [0.15, 0.2) is 0 Å². The third-order valence-electron chi connectivity index (χ3n) is 1.84. The standard InChI is InChI=1S/C10H11Br2N/c1-3-10(13-2)8-5-4-7(11)6-9(8)12/h3-6,10,13H,1H2,2H3. The first-order valence-electron chi connectivity index (χ1n) is 3.93. The van der Waals surface area contributed by atoms with Gasteiger partial charge in [-0.3, -0.25) is 0 Å². The van der Waals surface area contributed by atoms with Crippen molar-refractivity contribution in [1.29, 1.82) is 0 Å². The summed E-state index contributed by atoms with van der Waals surface area (Å²) in [6.07, 6.45) is 1.88. The second-order valence-corrected chi connectivity index (χ2v) is 4.44. The molecule has 1 unspecified atom stereocenters. The Balaban J connectivity index is 3.06. The SMILES string of the molecule is C=CC(NC)c1ccc(Br)cc1Br. The number of nitrogens with one attached hydrogen (secondary N) is 1. The summed E-state index contributed by atoms with van der Waals surface area (Å²) in [5, 5.41) is 3.16. The molecule has 3 heteroatoms. The molecule has 1 aromatic carbocycles. The topological polar surface area (TPSA) is 12.0 Å². The van der Waals surface area contributed by atoms with Crippen molar-refractivity contribution in [2.45, 2.75) is 6.04 Å². The Morgan fingerprint density at radius 3 is 2.62 bits per heavy atom. The smallest absolute Gasteiger partial charge is 0.0512 e. The van der Waals surface area contributed by atoms with E-state index in [0.29, 0.717) is 0 Å². The second-order valence-electron chi connectivity index (χ2n) is 2.67. The molecule has 0 aliphatic rings. The van der Waals surface area contributed by atoms with E-state index in [9.17, 15) is 0 Å². The predicted molar refractivity (Wildman–Crippen MR) is 63.8 cm³/mol. The van der Waals surface area contributed by atoms with E-state index in [2.05, 4.69) is 49.8 Å². The monoisotopic (exact) mass is 303 g/mol. The highest BCUT2D eigenvalue weighted by Gasteiger charge is 2.08. The van der Waals surface area contributed by atoms with Crippen LogP contribution in [-0.2, 0) is 0 Å². The van der Waals surface area contributed by atoms with Gasteiger partial charge in [-0.15, -0.1) is 6.58 Å². The zero-order valence-corrected chi connectivity index (χ0v) is 10.5. The van der Waals surface area contributed by atoms with Crippen molar-refractivity contribution < 1.29 is 0 Å². The molecule has 0 radical (unpaired) electrons. The Bertz CT molecular complexity index is 310. The van der Waals surface area contributed by atoms with Gasteiger partial charge in [-0.05, 0) is 24.7 Å². The molecule has 1 rings (SSSR count). The first-order valence-corrected chi connectivity index (χ1v) is 5.52. The lowest BCUT2D eigenvalue weighted by molar-refractivity contribution is 0.713. The van der Waals surface area contributed by atoms with Gasteiger partial charge in [-0.1, -0.05) is 44.0 Å². The van der Waals surface area contributed by atoms with Gasteiger partial charge in [0.05, 0.1) is 6.04 Å². The van der Waals surface area contributed by atoms with Crippen molar-refractivity contribution in [2.75, 3.05) is 7.05 Å². The number of rotatable bonds is 3. The molecular weight excluding hydrogens is 294 g/mol. The summed E-state index contributed by atoms with van der Waals surface area (Å²) in [7, 11) is 1.92. The van der Waals surface area contributed by atoms with E-state index >= 15 is 0 Å². The Morgan fingerprint density at radius 2 is 2.15 bits per heavy atom. The maximum absolute atomic E-state index is 3.78. The van der Waals surface area contributed by atoms with Crippen LogP contribution < -0.4 is 5.32 Å². The lowest BCUT2D eigenvalue weighted by atomic mass is 10.1. The van der Waals surface area contributed by atoms with Crippen LogP contribution in [-0.4, -0.2) is 7.05 Å². The Hall–Kier alpha value is -0.120. The third kappa shape index (κ3) is 2.66. The highest BCUT2D eigenvalue weighted by molar-refractivity contribution is 9.11. The zero-order valence-electron chi connectivity index (χ0n) is 7.35. The van der Waals surface area contributed by atoms with E-state index in [0.717, 1.165) is 8.95 Å². The summed E-state index contributed by atoms with van der Waals surface area (Å²) >= 11 is 6.92. The molecule has 0 aromatic heterocycles. The van der Waals surface area contributed by atoms with Gasteiger partial charge in [0.1, 0.15) is 0 Å². The maximum Gasteiger partial charge on any atom is 0.0512 e. The Labute approximate surface area is 95.5 Å². The van der Waals surface area contributed by atoms with Crippen LogP contribution in [0.3, 0.4) is 0 Å². The molecule has 0 saturated carbocycles. The average Bonchev–Trinajstić information content (AvgIpc) is 2.10. The molecule has 0 heterocycles. The first kappa shape index (κ1) is 11.0. The van der Waals surface area contributed by atoms with Gasteiger partial charge in [-0.25, -0.2) is 0 Å². The van der Waals surface area contributed by atoms with E-state index in [-0.39, 0.29) is 6.04 Å². The van der Waals surface area contributed by atoms with Crippen LogP contribution in [0.2, 0.25) is 0 Å². The largest absolute Gasteiger partial charge is 0.310 e. The van der Waals surface area contributed by atoms with Crippen molar-refractivity contribution in [1.82, 2.24) is 5.32 Å². The number of likely N-dealkylation sites (N-methyl/N-ethyl adjacent to an activating group) is 1. The van der Waals surface area contributed by atoms with Crippen LogP contribution in [0.5, 0.6) is 0 Å². The molecule has 0 spiro atoms. The van der Waals surface area contributed by atoms with Crippen molar-refractivity contribution in [3.63, 3.8) is 0 Å². The Kier molecular flexibility index (Phi) is 4.16. The molecule has 0 aliphatic heterocycles. The van der Waals surface area contributed by atoms with Crippen LogP contribution in [0.1, 0.15) is 11.6 Å².